The number of thiocarbonyl (C=S) groups is 1. The molecule has 1 unspecified atom stereocenters. The van der Waals surface area contributed by atoms with Crippen LogP contribution in [0, 0.1) is 5.92 Å². The number of nitrogens with zero attached hydrogens (tertiary/aromatic N) is 1. The van der Waals surface area contributed by atoms with Crippen molar-refractivity contribution in [1.29, 1.82) is 0 Å². The lowest BCUT2D eigenvalue weighted by molar-refractivity contribution is 0.285. The summed E-state index contributed by atoms with van der Waals surface area (Å²) in [6.45, 7) is 2.24. The summed E-state index contributed by atoms with van der Waals surface area (Å²) in [6.07, 6.45) is 7.38. The molecule has 0 spiro atoms. The van der Waals surface area contributed by atoms with E-state index in [1.54, 1.807) is 0 Å². The van der Waals surface area contributed by atoms with Gasteiger partial charge in [-0.1, -0.05) is 18.6 Å². The molecular formula is C15H21N3S. The van der Waals surface area contributed by atoms with Crippen LogP contribution in [0.3, 0.4) is 0 Å². The van der Waals surface area contributed by atoms with Crippen LogP contribution >= 0.6 is 12.2 Å². The van der Waals surface area contributed by atoms with Gasteiger partial charge in [0.05, 0.1) is 5.56 Å². The quantitative estimate of drug-likeness (QED) is 0.830. The smallest absolute Gasteiger partial charge is 0.136 e. The van der Waals surface area contributed by atoms with Crippen LogP contribution in [0.4, 0.5) is 5.82 Å². The monoisotopic (exact) mass is 275 g/mol. The maximum Gasteiger partial charge on any atom is 0.136 e. The van der Waals surface area contributed by atoms with Crippen LogP contribution in [-0.2, 0) is 12.8 Å². The molecule has 1 atom stereocenters. The van der Waals surface area contributed by atoms with E-state index in [4.69, 9.17) is 22.9 Å². The molecule has 2 aliphatic carbocycles. The van der Waals surface area contributed by atoms with E-state index < -0.39 is 0 Å². The van der Waals surface area contributed by atoms with Gasteiger partial charge in [0, 0.05) is 11.7 Å². The molecule has 3 nitrogen and oxygen atoms in total. The summed E-state index contributed by atoms with van der Waals surface area (Å²) in [5.74, 6) is 1.67. The molecule has 0 aliphatic heterocycles. The minimum Gasteiger partial charge on any atom is -0.389 e. The number of nitrogens with two attached hydrogens (primary N) is 1. The van der Waals surface area contributed by atoms with Crippen LogP contribution in [0.25, 0.3) is 0 Å². The number of hydrogen-bond donors (Lipinski definition) is 2. The maximum atomic E-state index is 5.86. The van der Waals surface area contributed by atoms with Crippen molar-refractivity contribution < 1.29 is 0 Å². The predicted octanol–water partition coefficient (Wildman–Crippen LogP) is 2.81. The van der Waals surface area contributed by atoms with Gasteiger partial charge in [0.15, 0.2) is 0 Å². The van der Waals surface area contributed by atoms with Gasteiger partial charge in [0.1, 0.15) is 10.8 Å². The molecule has 3 N–H and O–H groups in total. The first-order valence-electron chi connectivity index (χ1n) is 7.24. The molecule has 4 heteroatoms. The van der Waals surface area contributed by atoms with Crippen molar-refractivity contribution in [2.24, 2.45) is 11.7 Å². The highest BCUT2D eigenvalue weighted by Crippen LogP contribution is 2.32. The first-order chi connectivity index (χ1) is 9.15. The van der Waals surface area contributed by atoms with Crippen molar-refractivity contribution in [1.82, 2.24) is 4.98 Å². The number of hydrogen-bond acceptors (Lipinski definition) is 3. The van der Waals surface area contributed by atoms with Crippen LogP contribution in [0.15, 0.2) is 6.07 Å². The molecule has 1 aromatic rings. The standard InChI is InChI=1S/C15H21N3S/c1-9(10-4-2-5-10)17-15-12(14(16)19)8-11-6-3-7-13(11)18-15/h8-10H,2-7H2,1H3,(H2,16,19)(H,17,18). The molecule has 2 aliphatic rings. The van der Waals surface area contributed by atoms with E-state index in [1.807, 2.05) is 0 Å². The number of anilines is 1. The Morgan fingerprint density at radius 1 is 1.42 bits per heavy atom. The minimum absolute atomic E-state index is 0.450. The van der Waals surface area contributed by atoms with Gasteiger partial charge in [-0.15, -0.1) is 0 Å². The molecule has 19 heavy (non-hydrogen) atoms. The molecule has 3 rings (SSSR count). The lowest BCUT2D eigenvalue weighted by Gasteiger charge is -2.32. The molecule has 102 valence electrons. The SMILES string of the molecule is CC(Nc1nc2c(cc1C(N)=S)CCC2)C1CCC1. The van der Waals surface area contributed by atoms with Crippen molar-refractivity contribution in [3.05, 3.63) is 22.9 Å². The Morgan fingerprint density at radius 3 is 2.84 bits per heavy atom. The molecule has 0 saturated heterocycles. The van der Waals surface area contributed by atoms with E-state index >= 15 is 0 Å². The van der Waals surface area contributed by atoms with Gasteiger partial charge in [-0.2, -0.15) is 0 Å². The maximum absolute atomic E-state index is 5.86. The first kappa shape index (κ1) is 12.9. The largest absolute Gasteiger partial charge is 0.389 e. The van der Waals surface area contributed by atoms with E-state index in [1.165, 1.54) is 36.9 Å². The molecule has 0 aromatic carbocycles. The molecule has 1 saturated carbocycles. The summed E-state index contributed by atoms with van der Waals surface area (Å²) in [6, 6.07) is 2.60. The Balaban J connectivity index is 1.87. The van der Waals surface area contributed by atoms with Crippen LogP contribution in [0.5, 0.6) is 0 Å². The Kier molecular flexibility index (Phi) is 3.44. The number of aryl methyl sites for hydroxylation is 2. The van der Waals surface area contributed by atoms with Gasteiger partial charge in [0.2, 0.25) is 0 Å². The van der Waals surface area contributed by atoms with Gasteiger partial charge < -0.3 is 11.1 Å². The minimum atomic E-state index is 0.450. The highest BCUT2D eigenvalue weighted by molar-refractivity contribution is 7.80. The van der Waals surface area contributed by atoms with Crippen molar-refractivity contribution in [2.45, 2.75) is 51.5 Å². The molecular weight excluding hydrogens is 254 g/mol. The second-order valence-corrected chi connectivity index (χ2v) is 6.27. The van der Waals surface area contributed by atoms with Crippen molar-refractivity contribution in [2.75, 3.05) is 5.32 Å². The Morgan fingerprint density at radius 2 is 2.21 bits per heavy atom. The lowest BCUT2D eigenvalue weighted by Crippen LogP contribution is -2.32. The third-order valence-electron chi connectivity index (χ3n) is 4.54. The number of rotatable bonds is 4. The van der Waals surface area contributed by atoms with Gasteiger partial charge >= 0.3 is 0 Å². The van der Waals surface area contributed by atoms with Crippen LogP contribution in [0.2, 0.25) is 0 Å². The van der Waals surface area contributed by atoms with E-state index in [-0.39, 0.29) is 0 Å². The third-order valence-corrected chi connectivity index (χ3v) is 4.76. The zero-order valence-electron chi connectivity index (χ0n) is 11.4. The summed E-state index contributed by atoms with van der Waals surface area (Å²) in [5, 5.41) is 3.54. The molecule has 1 heterocycles. The summed E-state index contributed by atoms with van der Waals surface area (Å²) in [4.78, 5) is 5.23. The van der Waals surface area contributed by atoms with Crippen LogP contribution < -0.4 is 11.1 Å². The molecule has 0 amide bonds. The topological polar surface area (TPSA) is 50.9 Å². The van der Waals surface area contributed by atoms with E-state index in [9.17, 15) is 0 Å². The van der Waals surface area contributed by atoms with Crippen molar-refractivity contribution in [3.63, 3.8) is 0 Å². The van der Waals surface area contributed by atoms with Gasteiger partial charge in [-0.3, -0.25) is 0 Å². The Hall–Kier alpha value is -1.16. The summed E-state index contributed by atoms with van der Waals surface area (Å²) in [5.41, 5.74) is 9.33. The van der Waals surface area contributed by atoms with Gasteiger partial charge in [0.25, 0.3) is 0 Å². The van der Waals surface area contributed by atoms with E-state index in [2.05, 4.69) is 18.3 Å². The fraction of sp³-hybridized carbons (Fsp3) is 0.600. The average Bonchev–Trinajstić information content (AvgIpc) is 2.72. The first-order valence-corrected chi connectivity index (χ1v) is 7.65. The lowest BCUT2D eigenvalue weighted by atomic mass is 9.80. The van der Waals surface area contributed by atoms with E-state index in [0.717, 1.165) is 30.1 Å². The number of aromatic nitrogens is 1. The fourth-order valence-corrected chi connectivity index (χ4v) is 3.20. The number of fused-ring (bicyclic) bond motifs is 1. The number of pyridine rings is 1. The average molecular weight is 275 g/mol. The van der Waals surface area contributed by atoms with Crippen molar-refractivity contribution >= 4 is 23.0 Å². The fourth-order valence-electron chi connectivity index (χ4n) is 3.04. The molecule has 0 radical (unpaired) electrons. The number of nitrogens with one attached hydrogen (secondary N) is 1. The molecule has 1 fully saturated rings. The highest BCUT2D eigenvalue weighted by atomic mass is 32.1. The summed E-state index contributed by atoms with van der Waals surface area (Å²) in [7, 11) is 0. The molecule has 1 aromatic heterocycles. The van der Waals surface area contributed by atoms with Gasteiger partial charge in [-0.05, 0) is 56.6 Å². The zero-order chi connectivity index (χ0) is 13.4. The van der Waals surface area contributed by atoms with Gasteiger partial charge in [-0.25, -0.2) is 4.98 Å². The van der Waals surface area contributed by atoms with Crippen LogP contribution in [0.1, 0.15) is 49.4 Å². The highest BCUT2D eigenvalue weighted by Gasteiger charge is 2.25. The summed E-state index contributed by atoms with van der Waals surface area (Å²) < 4.78 is 0. The van der Waals surface area contributed by atoms with E-state index in [0.29, 0.717) is 11.0 Å². The second-order valence-electron chi connectivity index (χ2n) is 5.83. The normalized spacial score (nSPS) is 19.6. The predicted molar refractivity (Wildman–Crippen MR) is 82.6 cm³/mol. The molecule has 0 bridgehead atoms. The zero-order valence-corrected chi connectivity index (χ0v) is 12.2. The second kappa shape index (κ2) is 5.08. The Labute approximate surface area is 120 Å². The van der Waals surface area contributed by atoms with Crippen molar-refractivity contribution in [3.8, 4) is 0 Å². The summed E-state index contributed by atoms with van der Waals surface area (Å²) >= 11 is 5.18. The van der Waals surface area contributed by atoms with Crippen LogP contribution in [-0.4, -0.2) is 16.0 Å². The Bertz CT molecular complexity index is 508. The third kappa shape index (κ3) is 2.46.